The fraction of sp³-hybridized carbons (Fsp3) is 0.760. The van der Waals surface area contributed by atoms with E-state index in [9.17, 15) is 30.0 Å². The van der Waals surface area contributed by atoms with Gasteiger partial charge < -0.3 is 39.1 Å². The average Bonchev–Trinajstić information content (AvgIpc) is 3.06. The highest BCUT2D eigenvalue weighted by Gasteiger charge is 2.93. The fourth-order valence-corrected chi connectivity index (χ4v) is 9.60. The number of esters is 1. The average molecular weight is 491 g/mol. The largest absolute Gasteiger partial charge is 0.472 e. The topological polar surface area (TPSA) is 159 Å². The van der Waals surface area contributed by atoms with E-state index in [-0.39, 0.29) is 18.4 Å². The maximum absolute atomic E-state index is 13.2. The minimum absolute atomic E-state index is 0.196. The molecule has 3 aliphatic carbocycles. The van der Waals surface area contributed by atoms with Crippen molar-refractivity contribution in [1.29, 1.82) is 0 Å². The zero-order chi connectivity index (χ0) is 25.1. The van der Waals surface area contributed by atoms with Crippen LogP contribution < -0.4 is 0 Å². The van der Waals surface area contributed by atoms with Crippen LogP contribution in [0.1, 0.15) is 52.0 Å². The van der Waals surface area contributed by atoms with Gasteiger partial charge in [0.05, 0.1) is 36.9 Å². The molecule has 6 aliphatic rings. The van der Waals surface area contributed by atoms with Gasteiger partial charge in [0, 0.05) is 29.1 Å². The molecule has 13 atom stereocenters. The molecule has 190 valence electrons. The first-order valence-corrected chi connectivity index (χ1v) is 12.2. The zero-order valence-electron chi connectivity index (χ0n) is 19.9. The summed E-state index contributed by atoms with van der Waals surface area (Å²) in [4.78, 5) is 25.7. The third-order valence-electron chi connectivity index (χ3n) is 11.3. The lowest BCUT2D eigenvalue weighted by molar-refractivity contribution is -0.272. The summed E-state index contributed by atoms with van der Waals surface area (Å²) in [5, 5.41) is 47.4. The maximum atomic E-state index is 13.2. The van der Waals surface area contributed by atoms with E-state index in [0.29, 0.717) is 6.42 Å². The molecular weight excluding hydrogens is 460 g/mol. The third kappa shape index (κ3) is 1.87. The van der Waals surface area contributed by atoms with Crippen molar-refractivity contribution in [3.8, 4) is 0 Å². The second-order valence-corrected chi connectivity index (χ2v) is 12.2. The molecule has 0 aromatic carbocycles. The fourth-order valence-electron chi connectivity index (χ4n) is 9.60. The summed E-state index contributed by atoms with van der Waals surface area (Å²) in [7, 11) is 0. The number of hydrogen-bond donors (Lipinski definition) is 4. The summed E-state index contributed by atoms with van der Waals surface area (Å²) in [5.41, 5.74) is -8.89. The lowest BCUT2D eigenvalue weighted by Gasteiger charge is -2.62. The minimum atomic E-state index is -2.39. The molecule has 1 spiro atoms. The highest BCUT2D eigenvalue weighted by molar-refractivity contribution is 5.98. The predicted octanol–water partition coefficient (Wildman–Crippen LogP) is -0.194. The van der Waals surface area contributed by atoms with Crippen molar-refractivity contribution in [2.45, 2.75) is 99.4 Å². The van der Waals surface area contributed by atoms with Gasteiger partial charge >= 0.3 is 5.97 Å². The number of aliphatic hydroxyl groups excluding tert-OH is 2. The molecule has 3 saturated carbocycles. The number of carbonyl (C=O) groups is 2. The summed E-state index contributed by atoms with van der Waals surface area (Å²) < 4.78 is 23.2. The van der Waals surface area contributed by atoms with E-state index in [1.165, 1.54) is 6.92 Å². The predicted molar refractivity (Wildman–Crippen MR) is 114 cm³/mol. The van der Waals surface area contributed by atoms with E-state index in [1.807, 2.05) is 13.0 Å². The standard InChI is InChI=1S/C25H30O10/c1-20-11(10-5-6-32-9-10)7-14-25(20,34-14)22(3,30)16-15(17(20)27)33-13-8-12(26)23(4)24(31,21(13,16)2)18(28)19(29)35-23/h5-6,9,11,13-18,27-28,30-31H,7-8H2,1-4H3/t11-,13-,14+,15-,16?,17-,18-,20+,21+,22+,23-,24-,25+/m0/s1. The Labute approximate surface area is 201 Å². The summed E-state index contributed by atoms with van der Waals surface area (Å²) in [6.45, 7) is 6.40. The van der Waals surface area contributed by atoms with Crippen molar-refractivity contribution in [3.63, 3.8) is 0 Å². The Morgan fingerprint density at radius 3 is 2.40 bits per heavy atom. The van der Waals surface area contributed by atoms with Gasteiger partial charge in [0.25, 0.3) is 0 Å². The second kappa shape index (κ2) is 5.84. The molecule has 4 heterocycles. The number of aliphatic hydroxyl groups is 4. The van der Waals surface area contributed by atoms with E-state index in [1.54, 1.807) is 26.4 Å². The van der Waals surface area contributed by atoms with Gasteiger partial charge in [0.15, 0.2) is 23.1 Å². The van der Waals surface area contributed by atoms with Crippen molar-refractivity contribution in [1.82, 2.24) is 0 Å². The number of ketones is 1. The van der Waals surface area contributed by atoms with Crippen LogP contribution in [-0.2, 0) is 23.8 Å². The lowest BCUT2D eigenvalue weighted by atomic mass is 9.43. The molecule has 35 heavy (non-hydrogen) atoms. The van der Waals surface area contributed by atoms with Crippen LogP contribution in [0, 0.1) is 16.7 Å². The Kier molecular flexibility index (Phi) is 3.74. The lowest BCUT2D eigenvalue weighted by Crippen LogP contribution is -2.79. The highest BCUT2D eigenvalue weighted by Crippen LogP contribution is 2.79. The van der Waals surface area contributed by atoms with E-state index in [4.69, 9.17) is 18.6 Å². The molecule has 3 aliphatic heterocycles. The van der Waals surface area contributed by atoms with Gasteiger partial charge in [-0.25, -0.2) is 4.79 Å². The third-order valence-corrected chi connectivity index (χ3v) is 11.3. The number of Topliss-reactive ketones (excluding diaryl/α,β-unsaturated/α-hetero) is 1. The van der Waals surface area contributed by atoms with Crippen LogP contribution >= 0.6 is 0 Å². The zero-order valence-corrected chi connectivity index (χ0v) is 19.9. The molecule has 3 saturated heterocycles. The summed E-state index contributed by atoms with van der Waals surface area (Å²) >= 11 is 0. The minimum Gasteiger partial charge on any atom is -0.472 e. The van der Waals surface area contributed by atoms with Crippen molar-refractivity contribution in [2.24, 2.45) is 16.7 Å². The number of epoxide rings is 1. The first-order chi connectivity index (χ1) is 16.2. The SMILES string of the molecule is C[C@]12[C@H](c3ccoc3)C[C@H]3O[C@]31[C@](C)(O)C1[C@H](O[C@H]3CC(=O)[C@]4(C)OC(=O)[C@H](O)[C@]4(O)[C@@]13C)[C@@H]2O. The van der Waals surface area contributed by atoms with Crippen molar-refractivity contribution in [2.75, 3.05) is 0 Å². The number of ether oxygens (including phenoxy) is 3. The Hall–Kier alpha value is -1.82. The Balaban J connectivity index is 1.43. The number of rotatable bonds is 1. The first kappa shape index (κ1) is 22.4. The summed E-state index contributed by atoms with van der Waals surface area (Å²) in [5.74, 6) is -2.87. The highest BCUT2D eigenvalue weighted by atomic mass is 16.6. The van der Waals surface area contributed by atoms with E-state index < -0.39 is 75.3 Å². The molecule has 0 radical (unpaired) electrons. The molecule has 0 bridgehead atoms. The van der Waals surface area contributed by atoms with Crippen LogP contribution in [0.2, 0.25) is 0 Å². The molecule has 1 aromatic heterocycles. The van der Waals surface area contributed by atoms with Crippen molar-refractivity contribution < 1.29 is 48.6 Å². The summed E-state index contributed by atoms with van der Waals surface area (Å²) in [6.07, 6.45) is -1.98. The number of furan rings is 1. The van der Waals surface area contributed by atoms with Gasteiger partial charge in [-0.3, -0.25) is 4.79 Å². The van der Waals surface area contributed by atoms with Crippen molar-refractivity contribution >= 4 is 11.8 Å². The molecule has 10 heteroatoms. The van der Waals surface area contributed by atoms with E-state index in [0.717, 1.165) is 5.56 Å². The second-order valence-electron chi connectivity index (χ2n) is 12.2. The van der Waals surface area contributed by atoms with E-state index >= 15 is 0 Å². The Morgan fingerprint density at radius 2 is 1.74 bits per heavy atom. The first-order valence-electron chi connectivity index (χ1n) is 12.2. The molecule has 6 fully saturated rings. The van der Waals surface area contributed by atoms with Crippen LogP contribution in [0.5, 0.6) is 0 Å². The smallest absolute Gasteiger partial charge is 0.339 e. The van der Waals surface area contributed by atoms with Crippen LogP contribution in [0.4, 0.5) is 0 Å². The van der Waals surface area contributed by atoms with Crippen molar-refractivity contribution in [3.05, 3.63) is 24.2 Å². The quantitative estimate of drug-likeness (QED) is 0.307. The van der Waals surface area contributed by atoms with Crippen LogP contribution in [0.3, 0.4) is 0 Å². The van der Waals surface area contributed by atoms with Gasteiger partial charge in [-0.15, -0.1) is 0 Å². The molecule has 1 unspecified atom stereocenters. The molecule has 1 aromatic rings. The molecule has 7 rings (SSSR count). The van der Waals surface area contributed by atoms with Crippen LogP contribution in [0.25, 0.3) is 0 Å². The van der Waals surface area contributed by atoms with Gasteiger partial charge in [-0.2, -0.15) is 0 Å². The van der Waals surface area contributed by atoms with Gasteiger partial charge in [-0.05, 0) is 31.9 Å². The van der Waals surface area contributed by atoms with Gasteiger partial charge in [0.2, 0.25) is 0 Å². The normalized spacial score (nSPS) is 62.0. The van der Waals surface area contributed by atoms with Gasteiger partial charge in [0.1, 0.15) is 11.2 Å². The number of fused-ring (bicyclic) bond motifs is 5. The van der Waals surface area contributed by atoms with Crippen LogP contribution in [0.15, 0.2) is 23.0 Å². The van der Waals surface area contributed by atoms with Crippen LogP contribution in [-0.4, -0.2) is 85.1 Å². The number of carbonyl (C=O) groups excluding carboxylic acids is 2. The molecule has 4 N–H and O–H groups in total. The molecule has 0 amide bonds. The van der Waals surface area contributed by atoms with E-state index in [2.05, 4.69) is 0 Å². The molecule has 10 nitrogen and oxygen atoms in total. The maximum Gasteiger partial charge on any atom is 0.339 e. The Bertz CT molecular complexity index is 1160. The van der Waals surface area contributed by atoms with Gasteiger partial charge in [-0.1, -0.05) is 13.8 Å². The monoisotopic (exact) mass is 490 g/mol. The Morgan fingerprint density at radius 1 is 1.03 bits per heavy atom. The molecular formula is C25H30O10. The summed E-state index contributed by atoms with van der Waals surface area (Å²) in [6, 6.07) is 1.84. The number of hydrogen-bond acceptors (Lipinski definition) is 10.